The number of hydrogen-bond acceptors (Lipinski definition) is 5. The highest BCUT2D eigenvalue weighted by Crippen LogP contribution is 2.38. The molecule has 0 aliphatic heterocycles. The Labute approximate surface area is 208 Å². The molecule has 1 N–H and O–H groups in total. The van der Waals surface area contributed by atoms with Crippen molar-refractivity contribution in [3.8, 4) is 22.6 Å². The van der Waals surface area contributed by atoms with Gasteiger partial charge in [-0.25, -0.2) is 0 Å². The van der Waals surface area contributed by atoms with E-state index in [0.29, 0.717) is 5.75 Å². The average Bonchev–Trinajstić information content (AvgIpc) is 3.28. The molecule has 1 aromatic heterocycles. The van der Waals surface area contributed by atoms with E-state index in [9.17, 15) is 4.79 Å². The molecule has 6 nitrogen and oxygen atoms in total. The Morgan fingerprint density at radius 1 is 1.14 bits per heavy atom. The molecule has 35 heavy (non-hydrogen) atoms. The maximum Gasteiger partial charge on any atom is 0.244 e. The van der Waals surface area contributed by atoms with Crippen LogP contribution in [-0.4, -0.2) is 50.7 Å². The summed E-state index contributed by atoms with van der Waals surface area (Å²) >= 11 is 0. The minimum Gasteiger partial charge on any atom is -0.497 e. The zero-order chi connectivity index (χ0) is 25.4. The lowest BCUT2D eigenvalue weighted by Gasteiger charge is -2.19. The quantitative estimate of drug-likeness (QED) is 0.317. The van der Waals surface area contributed by atoms with Crippen LogP contribution in [0.1, 0.15) is 46.1 Å². The SMILES string of the molecule is CCN(CC)CCCC(C)NC(=O)/C=C(\C)c1cc2c(-c3cccc(OC)c3)coc2cc1OC. The summed E-state index contributed by atoms with van der Waals surface area (Å²) in [6.45, 7) is 11.5. The van der Waals surface area contributed by atoms with Crippen LogP contribution in [0.5, 0.6) is 11.5 Å². The number of rotatable bonds is 12. The van der Waals surface area contributed by atoms with Gasteiger partial charge in [0.05, 0.1) is 20.5 Å². The molecule has 1 atom stereocenters. The number of benzene rings is 2. The van der Waals surface area contributed by atoms with E-state index in [1.807, 2.05) is 43.3 Å². The molecule has 1 unspecified atom stereocenters. The maximum atomic E-state index is 12.7. The lowest BCUT2D eigenvalue weighted by molar-refractivity contribution is -0.117. The summed E-state index contributed by atoms with van der Waals surface area (Å²) in [6.07, 6.45) is 5.40. The van der Waals surface area contributed by atoms with Crippen LogP contribution in [0.25, 0.3) is 27.7 Å². The molecule has 0 saturated carbocycles. The largest absolute Gasteiger partial charge is 0.497 e. The fourth-order valence-corrected chi connectivity index (χ4v) is 4.34. The summed E-state index contributed by atoms with van der Waals surface area (Å²) in [5.41, 5.74) is 4.37. The number of fused-ring (bicyclic) bond motifs is 1. The number of carbonyl (C=O) groups excluding carboxylic acids is 1. The molecular formula is C29H38N2O4. The average molecular weight is 479 g/mol. The molecule has 0 spiro atoms. The van der Waals surface area contributed by atoms with Gasteiger partial charge in [0.25, 0.3) is 0 Å². The summed E-state index contributed by atoms with van der Waals surface area (Å²) in [4.78, 5) is 15.1. The number of amides is 1. The molecule has 0 fully saturated rings. The molecule has 3 aromatic rings. The smallest absolute Gasteiger partial charge is 0.244 e. The van der Waals surface area contributed by atoms with Crippen molar-refractivity contribution < 1.29 is 18.7 Å². The normalized spacial score (nSPS) is 12.7. The first-order valence-electron chi connectivity index (χ1n) is 12.3. The van der Waals surface area contributed by atoms with E-state index in [2.05, 4.69) is 31.0 Å². The van der Waals surface area contributed by atoms with Crippen molar-refractivity contribution in [2.24, 2.45) is 0 Å². The van der Waals surface area contributed by atoms with Gasteiger partial charge in [0, 0.05) is 34.7 Å². The summed E-state index contributed by atoms with van der Waals surface area (Å²) in [5, 5.41) is 4.05. The fraction of sp³-hybridized carbons (Fsp3) is 0.414. The molecular weight excluding hydrogens is 440 g/mol. The Morgan fingerprint density at radius 2 is 1.91 bits per heavy atom. The van der Waals surface area contributed by atoms with Gasteiger partial charge in [0.15, 0.2) is 0 Å². The van der Waals surface area contributed by atoms with E-state index < -0.39 is 0 Å². The number of allylic oxidation sites excluding steroid dienone is 1. The van der Waals surface area contributed by atoms with Crippen LogP contribution in [0.4, 0.5) is 0 Å². The van der Waals surface area contributed by atoms with Crippen molar-refractivity contribution in [3.05, 3.63) is 54.3 Å². The molecule has 0 aliphatic carbocycles. The summed E-state index contributed by atoms with van der Waals surface area (Å²) < 4.78 is 16.8. The van der Waals surface area contributed by atoms with Gasteiger partial charge >= 0.3 is 0 Å². The van der Waals surface area contributed by atoms with Crippen molar-refractivity contribution >= 4 is 22.4 Å². The Kier molecular flexibility index (Phi) is 9.38. The van der Waals surface area contributed by atoms with Crippen LogP contribution in [0, 0.1) is 0 Å². The van der Waals surface area contributed by atoms with Crippen molar-refractivity contribution in [2.45, 2.75) is 46.6 Å². The molecule has 0 bridgehead atoms. The second-order valence-electron chi connectivity index (χ2n) is 8.84. The van der Waals surface area contributed by atoms with Crippen molar-refractivity contribution in [2.75, 3.05) is 33.9 Å². The topological polar surface area (TPSA) is 63.9 Å². The molecule has 3 rings (SSSR count). The first-order valence-corrected chi connectivity index (χ1v) is 12.3. The standard InChI is InChI=1S/C29H38N2O4/c1-7-31(8-2)14-10-11-21(4)30-29(32)15-20(3)24-17-25-26(19-35-28(25)18-27(24)34-6)22-12-9-13-23(16-22)33-5/h9,12-13,15-19,21H,7-8,10-11,14H2,1-6H3,(H,30,32)/b20-15+. The lowest BCUT2D eigenvalue weighted by Crippen LogP contribution is -2.32. The molecule has 1 amide bonds. The molecule has 2 aromatic carbocycles. The van der Waals surface area contributed by atoms with Crippen LogP contribution >= 0.6 is 0 Å². The van der Waals surface area contributed by atoms with Crippen LogP contribution < -0.4 is 14.8 Å². The highest BCUT2D eigenvalue weighted by atomic mass is 16.5. The number of ether oxygens (including phenoxy) is 2. The van der Waals surface area contributed by atoms with Gasteiger partial charge in [-0.2, -0.15) is 0 Å². The molecule has 0 saturated heterocycles. The van der Waals surface area contributed by atoms with E-state index in [1.165, 1.54) is 0 Å². The second kappa shape index (κ2) is 12.5. The molecule has 188 valence electrons. The molecule has 0 radical (unpaired) electrons. The van der Waals surface area contributed by atoms with Gasteiger partial charge in [0.1, 0.15) is 17.1 Å². The van der Waals surface area contributed by atoms with E-state index in [-0.39, 0.29) is 11.9 Å². The maximum absolute atomic E-state index is 12.7. The summed E-state index contributed by atoms with van der Waals surface area (Å²) in [7, 11) is 3.28. The second-order valence-corrected chi connectivity index (χ2v) is 8.84. The van der Waals surface area contributed by atoms with Crippen molar-refractivity contribution in [1.29, 1.82) is 0 Å². The van der Waals surface area contributed by atoms with Gasteiger partial charge < -0.3 is 24.1 Å². The van der Waals surface area contributed by atoms with Gasteiger partial charge in [-0.05, 0) is 75.7 Å². The van der Waals surface area contributed by atoms with Crippen LogP contribution in [0.2, 0.25) is 0 Å². The van der Waals surface area contributed by atoms with Crippen LogP contribution in [0.15, 0.2) is 53.2 Å². The number of nitrogens with one attached hydrogen (secondary N) is 1. The molecule has 1 heterocycles. The number of furan rings is 1. The van der Waals surface area contributed by atoms with E-state index in [1.54, 1.807) is 26.6 Å². The third-order valence-corrected chi connectivity index (χ3v) is 6.44. The Balaban J connectivity index is 1.80. The number of hydrogen-bond donors (Lipinski definition) is 1. The molecule has 0 aliphatic rings. The van der Waals surface area contributed by atoms with Crippen molar-refractivity contribution in [3.63, 3.8) is 0 Å². The lowest BCUT2D eigenvalue weighted by atomic mass is 9.99. The predicted molar refractivity (Wildman–Crippen MR) is 143 cm³/mol. The van der Waals surface area contributed by atoms with Crippen molar-refractivity contribution in [1.82, 2.24) is 10.2 Å². The van der Waals surface area contributed by atoms with E-state index >= 15 is 0 Å². The van der Waals surface area contributed by atoms with Crippen LogP contribution in [0.3, 0.4) is 0 Å². The first kappa shape index (κ1) is 26.4. The van der Waals surface area contributed by atoms with E-state index in [4.69, 9.17) is 13.9 Å². The van der Waals surface area contributed by atoms with Gasteiger partial charge in [-0.15, -0.1) is 0 Å². The Bertz CT molecular complexity index is 1160. The monoisotopic (exact) mass is 478 g/mol. The fourth-order valence-electron chi connectivity index (χ4n) is 4.34. The summed E-state index contributed by atoms with van der Waals surface area (Å²) in [5.74, 6) is 1.35. The number of carbonyl (C=O) groups is 1. The molecule has 6 heteroatoms. The van der Waals surface area contributed by atoms with Crippen LogP contribution in [-0.2, 0) is 4.79 Å². The first-order chi connectivity index (χ1) is 16.9. The van der Waals surface area contributed by atoms with E-state index in [0.717, 1.165) is 71.5 Å². The minimum atomic E-state index is -0.0970. The van der Waals surface area contributed by atoms with Gasteiger partial charge in [-0.1, -0.05) is 26.0 Å². The minimum absolute atomic E-state index is 0.0970. The Morgan fingerprint density at radius 3 is 2.60 bits per heavy atom. The third-order valence-electron chi connectivity index (χ3n) is 6.44. The van der Waals surface area contributed by atoms with Gasteiger partial charge in [-0.3, -0.25) is 4.79 Å². The highest BCUT2D eigenvalue weighted by molar-refractivity contribution is 6.00. The zero-order valence-corrected chi connectivity index (χ0v) is 21.8. The Hall–Kier alpha value is -3.25. The number of methoxy groups -OCH3 is 2. The number of nitrogens with zero attached hydrogens (tertiary/aromatic N) is 1. The van der Waals surface area contributed by atoms with Gasteiger partial charge in [0.2, 0.25) is 5.91 Å². The highest BCUT2D eigenvalue weighted by Gasteiger charge is 2.16. The predicted octanol–water partition coefficient (Wildman–Crippen LogP) is 6.15. The summed E-state index contributed by atoms with van der Waals surface area (Å²) in [6, 6.07) is 11.9. The zero-order valence-electron chi connectivity index (χ0n) is 21.8. The third kappa shape index (κ3) is 6.67.